The molecule has 0 atom stereocenters. The van der Waals surface area contributed by atoms with Gasteiger partial charge in [-0.2, -0.15) is 0 Å². The standard InChI is InChI=1S/C6H12BNO2/c1-6(9)8-3-5-10-4-2-7/h2-5H2,1H3,(H,8,9). The predicted molar refractivity (Wildman–Crippen MR) is 40.1 cm³/mol. The van der Waals surface area contributed by atoms with Gasteiger partial charge >= 0.3 is 0 Å². The fourth-order valence-electron chi connectivity index (χ4n) is 0.485. The molecule has 56 valence electrons. The van der Waals surface area contributed by atoms with E-state index in [2.05, 4.69) is 5.32 Å². The first-order valence-corrected chi connectivity index (χ1v) is 3.29. The molecule has 1 N–H and O–H groups in total. The van der Waals surface area contributed by atoms with Crippen molar-refractivity contribution in [2.75, 3.05) is 19.8 Å². The Balaban J connectivity index is 2.84. The Morgan fingerprint density at radius 3 is 2.80 bits per heavy atom. The van der Waals surface area contributed by atoms with Gasteiger partial charge in [-0.1, -0.05) is 6.32 Å². The second kappa shape index (κ2) is 6.61. The number of hydrogen-bond donors (Lipinski definition) is 1. The number of rotatable bonds is 5. The minimum absolute atomic E-state index is 0.0312. The smallest absolute Gasteiger partial charge is 0.216 e. The topological polar surface area (TPSA) is 38.3 Å². The van der Waals surface area contributed by atoms with Crippen LogP contribution in [0.1, 0.15) is 6.92 Å². The van der Waals surface area contributed by atoms with Crippen LogP contribution < -0.4 is 5.32 Å². The minimum atomic E-state index is -0.0312. The summed E-state index contributed by atoms with van der Waals surface area (Å²) < 4.78 is 4.99. The van der Waals surface area contributed by atoms with Gasteiger partial charge < -0.3 is 10.1 Å². The van der Waals surface area contributed by atoms with Gasteiger partial charge in [0.2, 0.25) is 5.91 Å². The Morgan fingerprint density at radius 1 is 1.60 bits per heavy atom. The highest BCUT2D eigenvalue weighted by molar-refractivity contribution is 6.08. The Labute approximate surface area is 62.5 Å². The quantitative estimate of drug-likeness (QED) is 0.422. The molecular weight excluding hydrogens is 129 g/mol. The summed E-state index contributed by atoms with van der Waals surface area (Å²) in [6.45, 7) is 3.13. The van der Waals surface area contributed by atoms with E-state index in [0.29, 0.717) is 26.1 Å². The molecule has 4 heteroatoms. The maximum Gasteiger partial charge on any atom is 0.216 e. The normalized spacial score (nSPS) is 9.30. The summed E-state index contributed by atoms with van der Waals surface area (Å²) in [5.74, 6) is -0.0312. The maximum absolute atomic E-state index is 10.3. The Hall–Kier alpha value is -0.505. The van der Waals surface area contributed by atoms with Crippen molar-refractivity contribution in [3.05, 3.63) is 0 Å². The van der Waals surface area contributed by atoms with Crippen molar-refractivity contribution in [3.63, 3.8) is 0 Å². The second-order valence-corrected chi connectivity index (χ2v) is 1.88. The fourth-order valence-corrected chi connectivity index (χ4v) is 0.485. The van der Waals surface area contributed by atoms with Crippen LogP contribution in [-0.4, -0.2) is 33.5 Å². The van der Waals surface area contributed by atoms with Crippen LogP contribution in [0.25, 0.3) is 0 Å². The molecule has 3 nitrogen and oxygen atoms in total. The Kier molecular flexibility index (Phi) is 6.28. The number of carbonyl (C=O) groups is 1. The van der Waals surface area contributed by atoms with Gasteiger partial charge in [-0.3, -0.25) is 4.79 Å². The Morgan fingerprint density at radius 2 is 2.30 bits per heavy atom. The lowest BCUT2D eigenvalue weighted by molar-refractivity contribution is -0.119. The third-order valence-electron chi connectivity index (χ3n) is 0.883. The molecule has 0 aromatic heterocycles. The van der Waals surface area contributed by atoms with Crippen molar-refractivity contribution in [1.82, 2.24) is 5.32 Å². The van der Waals surface area contributed by atoms with Gasteiger partial charge in [0, 0.05) is 20.1 Å². The summed E-state index contributed by atoms with van der Waals surface area (Å²) in [5.41, 5.74) is 0. The lowest BCUT2D eigenvalue weighted by Crippen LogP contribution is -2.24. The molecule has 0 aromatic rings. The second-order valence-electron chi connectivity index (χ2n) is 1.88. The van der Waals surface area contributed by atoms with Crippen LogP contribution in [0.5, 0.6) is 0 Å². The first kappa shape index (κ1) is 9.49. The molecule has 0 bridgehead atoms. The van der Waals surface area contributed by atoms with Gasteiger partial charge in [0.1, 0.15) is 0 Å². The van der Waals surface area contributed by atoms with Crippen molar-refractivity contribution in [3.8, 4) is 0 Å². The van der Waals surface area contributed by atoms with Crippen LogP contribution in [0.4, 0.5) is 0 Å². The van der Waals surface area contributed by atoms with Crippen LogP contribution >= 0.6 is 0 Å². The highest BCUT2D eigenvalue weighted by atomic mass is 16.5. The van der Waals surface area contributed by atoms with E-state index in [1.54, 1.807) is 0 Å². The highest BCUT2D eigenvalue weighted by Crippen LogP contribution is 1.76. The molecule has 0 saturated carbocycles. The van der Waals surface area contributed by atoms with Crippen molar-refractivity contribution in [1.29, 1.82) is 0 Å². The van der Waals surface area contributed by atoms with E-state index >= 15 is 0 Å². The zero-order valence-corrected chi connectivity index (χ0v) is 6.22. The van der Waals surface area contributed by atoms with E-state index in [-0.39, 0.29) is 5.91 Å². The van der Waals surface area contributed by atoms with Crippen molar-refractivity contribution in [2.24, 2.45) is 0 Å². The molecule has 2 radical (unpaired) electrons. The third-order valence-corrected chi connectivity index (χ3v) is 0.883. The summed E-state index contributed by atoms with van der Waals surface area (Å²) >= 11 is 0. The van der Waals surface area contributed by atoms with E-state index in [9.17, 15) is 4.79 Å². The predicted octanol–water partition coefficient (Wildman–Crippen LogP) is -0.274. The maximum atomic E-state index is 10.3. The van der Waals surface area contributed by atoms with Crippen LogP contribution in [0, 0.1) is 0 Å². The summed E-state index contributed by atoms with van der Waals surface area (Å²) in [4.78, 5) is 10.3. The largest absolute Gasteiger partial charge is 0.380 e. The summed E-state index contributed by atoms with van der Waals surface area (Å²) in [6, 6.07) is 0. The van der Waals surface area contributed by atoms with Gasteiger partial charge in [0.05, 0.1) is 14.5 Å². The van der Waals surface area contributed by atoms with Crippen molar-refractivity contribution in [2.45, 2.75) is 13.2 Å². The zero-order chi connectivity index (χ0) is 7.82. The van der Waals surface area contributed by atoms with E-state index in [4.69, 9.17) is 12.6 Å². The fraction of sp³-hybridized carbons (Fsp3) is 0.833. The first-order valence-electron chi connectivity index (χ1n) is 3.29. The monoisotopic (exact) mass is 141 g/mol. The lowest BCUT2D eigenvalue weighted by atomic mass is 10.1. The van der Waals surface area contributed by atoms with Gasteiger partial charge in [-0.25, -0.2) is 0 Å². The minimum Gasteiger partial charge on any atom is -0.380 e. The molecule has 0 fully saturated rings. The molecule has 0 aliphatic heterocycles. The molecule has 0 unspecified atom stereocenters. The molecular formula is C6H12BNO2. The summed E-state index contributed by atoms with van der Waals surface area (Å²) in [7, 11) is 5.16. The van der Waals surface area contributed by atoms with Gasteiger partial charge in [-0.05, 0) is 0 Å². The van der Waals surface area contributed by atoms with E-state index in [0.717, 1.165) is 0 Å². The molecule has 0 aromatic carbocycles. The molecule has 0 rings (SSSR count). The van der Waals surface area contributed by atoms with Crippen LogP contribution in [0.15, 0.2) is 0 Å². The average molecular weight is 141 g/mol. The molecule has 0 heterocycles. The molecule has 1 amide bonds. The van der Waals surface area contributed by atoms with Crippen LogP contribution in [-0.2, 0) is 9.53 Å². The molecule has 0 aliphatic rings. The molecule has 0 saturated heterocycles. The lowest BCUT2D eigenvalue weighted by Gasteiger charge is -2.01. The highest BCUT2D eigenvalue weighted by Gasteiger charge is 1.88. The SMILES string of the molecule is [B]CCOCCNC(C)=O. The average Bonchev–Trinajstić information content (AvgIpc) is 1.87. The third kappa shape index (κ3) is 7.49. The van der Waals surface area contributed by atoms with E-state index in [1.807, 2.05) is 0 Å². The van der Waals surface area contributed by atoms with E-state index in [1.165, 1.54) is 6.92 Å². The van der Waals surface area contributed by atoms with Gasteiger partial charge in [-0.15, -0.1) is 0 Å². The van der Waals surface area contributed by atoms with Crippen LogP contribution in [0.2, 0.25) is 6.32 Å². The van der Waals surface area contributed by atoms with E-state index < -0.39 is 0 Å². The summed E-state index contributed by atoms with van der Waals surface area (Å²) in [5, 5.41) is 2.60. The van der Waals surface area contributed by atoms with Crippen molar-refractivity contribution >= 4 is 13.8 Å². The first-order chi connectivity index (χ1) is 4.77. The van der Waals surface area contributed by atoms with Gasteiger partial charge in [0.15, 0.2) is 0 Å². The molecule has 0 spiro atoms. The number of amides is 1. The van der Waals surface area contributed by atoms with Gasteiger partial charge in [0.25, 0.3) is 0 Å². The Bertz CT molecular complexity index is 97.7. The number of hydrogen-bond acceptors (Lipinski definition) is 2. The molecule has 10 heavy (non-hydrogen) atoms. The van der Waals surface area contributed by atoms with Crippen LogP contribution in [0.3, 0.4) is 0 Å². The number of nitrogens with one attached hydrogen (secondary N) is 1. The molecule has 0 aliphatic carbocycles. The zero-order valence-electron chi connectivity index (χ0n) is 6.22. The van der Waals surface area contributed by atoms with Crippen molar-refractivity contribution < 1.29 is 9.53 Å². The number of carbonyl (C=O) groups excluding carboxylic acids is 1. The summed E-state index contributed by atoms with van der Waals surface area (Å²) in [6.07, 6.45) is 0.528. The number of ether oxygens (including phenoxy) is 1.